The maximum atomic E-state index is 14.9. The normalized spacial score (nSPS) is 16.0. The summed E-state index contributed by atoms with van der Waals surface area (Å²) in [5.74, 6) is 2.82. The first kappa shape index (κ1) is 27.8. The molecule has 1 fully saturated rings. The van der Waals surface area contributed by atoms with Gasteiger partial charge in [-0.05, 0) is 31.1 Å². The molecular weight excluding hydrogens is 523 g/mol. The van der Waals surface area contributed by atoms with Gasteiger partial charge in [0.2, 0.25) is 0 Å². The fourth-order valence-corrected chi connectivity index (χ4v) is 4.41. The van der Waals surface area contributed by atoms with Crippen molar-refractivity contribution in [3.63, 3.8) is 0 Å². The maximum Gasteiger partial charge on any atom is 0.408 e. The number of amides is 1. The van der Waals surface area contributed by atoms with Crippen LogP contribution in [0.1, 0.15) is 42.7 Å². The predicted octanol–water partition coefficient (Wildman–Crippen LogP) is 4.02. The molecule has 3 aromatic rings. The highest BCUT2D eigenvalue weighted by molar-refractivity contribution is 5.95. The van der Waals surface area contributed by atoms with Gasteiger partial charge in [0.15, 0.2) is 0 Å². The van der Waals surface area contributed by atoms with Crippen molar-refractivity contribution in [2.24, 2.45) is 5.84 Å². The number of benzene rings is 1. The number of nitrogens with two attached hydrogens (primary N) is 1. The van der Waals surface area contributed by atoms with Crippen LogP contribution >= 0.6 is 0 Å². The van der Waals surface area contributed by atoms with E-state index in [1.54, 1.807) is 17.7 Å². The Morgan fingerprint density at radius 3 is 2.69 bits per heavy atom. The van der Waals surface area contributed by atoms with Crippen LogP contribution in [0.3, 0.4) is 0 Å². The van der Waals surface area contributed by atoms with Gasteiger partial charge >= 0.3 is 6.18 Å². The van der Waals surface area contributed by atoms with E-state index in [9.17, 15) is 32.0 Å². The lowest BCUT2D eigenvalue weighted by atomic mass is 9.85. The number of H-pyrrole nitrogens is 1. The number of carbonyl (C=O) groups excluding carboxylic acids is 1. The zero-order valence-electron chi connectivity index (χ0n) is 21.0. The summed E-state index contributed by atoms with van der Waals surface area (Å²) in [7, 11) is 0. The third-order valence-corrected chi connectivity index (χ3v) is 6.72. The molecule has 1 saturated heterocycles. The number of halogens is 5. The number of nitrogens with one attached hydrogen (secondary N) is 2. The fraction of sp³-hybridized carbons (Fsp3) is 0.360. The third-order valence-electron chi connectivity index (χ3n) is 6.72. The van der Waals surface area contributed by atoms with Crippen LogP contribution in [-0.4, -0.2) is 56.7 Å². The van der Waals surface area contributed by atoms with Gasteiger partial charge in [0.05, 0.1) is 29.4 Å². The quantitative estimate of drug-likeness (QED) is 0.221. The van der Waals surface area contributed by atoms with Crippen LogP contribution in [0.25, 0.3) is 16.6 Å². The lowest BCUT2D eigenvalue weighted by Crippen LogP contribution is -2.71. The second kappa shape index (κ2) is 10.5. The number of hydrazine groups is 1. The Kier molecular flexibility index (Phi) is 7.47. The van der Waals surface area contributed by atoms with Crippen molar-refractivity contribution < 1.29 is 26.7 Å². The molecule has 14 heteroatoms. The molecule has 3 heterocycles. The molecule has 0 unspecified atom stereocenters. The lowest BCUT2D eigenvalue weighted by molar-refractivity contribution is -0.149. The van der Waals surface area contributed by atoms with E-state index in [-0.39, 0.29) is 25.2 Å². The Morgan fingerprint density at radius 2 is 2.05 bits per heavy atom. The summed E-state index contributed by atoms with van der Waals surface area (Å²) in [5.41, 5.74) is 0.0605. The number of aromatic nitrogens is 3. The van der Waals surface area contributed by atoms with Gasteiger partial charge < -0.3 is 20.2 Å². The summed E-state index contributed by atoms with van der Waals surface area (Å²) in [5, 5.41) is 13.2. The highest BCUT2D eigenvalue weighted by Gasteiger charge is 2.47. The van der Waals surface area contributed by atoms with Crippen molar-refractivity contribution in [2.75, 3.05) is 18.0 Å². The topological polar surface area (TPSA) is 127 Å². The molecule has 0 spiro atoms. The molecule has 39 heavy (non-hydrogen) atoms. The predicted molar refractivity (Wildman–Crippen MR) is 133 cm³/mol. The number of allylic oxidation sites excluding steroid dienone is 1. The highest BCUT2D eigenvalue weighted by Crippen LogP contribution is 2.37. The first-order valence-electron chi connectivity index (χ1n) is 11.9. The van der Waals surface area contributed by atoms with Gasteiger partial charge in [-0.1, -0.05) is 6.92 Å². The zero-order valence-corrected chi connectivity index (χ0v) is 21.0. The molecule has 2 aromatic heterocycles. The van der Waals surface area contributed by atoms with Crippen LogP contribution in [0, 0.1) is 23.0 Å². The van der Waals surface area contributed by atoms with Crippen molar-refractivity contribution in [1.82, 2.24) is 25.3 Å². The number of aromatic amines is 1. The molecule has 1 amide bonds. The molecule has 1 atom stereocenters. The second-order valence-corrected chi connectivity index (χ2v) is 9.31. The standard InChI is InChI=1S/C25H25F5N8O/c1-3-15(21-16-4-7-33-22(16)35-13-34-21)10-38(32)24(5-6-31)11-37(12-24)20-9-18(26)17(8-19(20)27)23(39)36-14(2)25(28,29)30/h4,7-10,13-14H,3,5,11-12,32H2,1-2H3,(H,36,39)(H,33,34,35)/b15-10+/t14-/m0/s1. The van der Waals surface area contributed by atoms with E-state index in [0.29, 0.717) is 30.8 Å². The molecule has 0 bridgehead atoms. The van der Waals surface area contributed by atoms with E-state index >= 15 is 0 Å². The van der Waals surface area contributed by atoms with Crippen LogP contribution in [0.4, 0.5) is 27.6 Å². The first-order chi connectivity index (χ1) is 18.4. The Labute approximate surface area is 220 Å². The van der Waals surface area contributed by atoms with Gasteiger partial charge in [0.25, 0.3) is 5.91 Å². The monoisotopic (exact) mass is 548 g/mol. The number of fused-ring (bicyclic) bond motifs is 1. The molecule has 4 N–H and O–H groups in total. The third kappa shape index (κ3) is 5.35. The average molecular weight is 549 g/mol. The van der Waals surface area contributed by atoms with Gasteiger partial charge in [-0.25, -0.2) is 24.6 Å². The number of nitrogens with zero attached hydrogens (tertiary/aromatic N) is 5. The number of carbonyl (C=O) groups is 1. The van der Waals surface area contributed by atoms with Gasteiger partial charge in [-0.15, -0.1) is 0 Å². The Morgan fingerprint density at radius 1 is 1.33 bits per heavy atom. The molecular formula is C25H25F5N8O. The smallest absolute Gasteiger partial charge is 0.364 e. The molecule has 1 aliphatic rings. The minimum atomic E-state index is -4.74. The highest BCUT2D eigenvalue weighted by atomic mass is 19.4. The van der Waals surface area contributed by atoms with Crippen LogP contribution in [0.15, 0.2) is 36.9 Å². The summed E-state index contributed by atoms with van der Waals surface area (Å²) >= 11 is 0. The summed E-state index contributed by atoms with van der Waals surface area (Å²) < 4.78 is 67.9. The number of nitriles is 1. The van der Waals surface area contributed by atoms with Gasteiger partial charge in [-0.2, -0.15) is 18.4 Å². The van der Waals surface area contributed by atoms with E-state index in [1.807, 2.05) is 13.0 Å². The van der Waals surface area contributed by atoms with Crippen molar-refractivity contribution in [3.8, 4) is 6.07 Å². The number of hydrogen-bond acceptors (Lipinski definition) is 7. The van der Waals surface area contributed by atoms with Gasteiger partial charge in [0, 0.05) is 36.9 Å². The molecule has 206 valence electrons. The van der Waals surface area contributed by atoms with Crippen molar-refractivity contribution in [2.45, 2.75) is 44.4 Å². The number of alkyl halides is 3. The maximum absolute atomic E-state index is 14.9. The van der Waals surface area contributed by atoms with Gasteiger partial charge in [-0.3, -0.25) is 4.79 Å². The van der Waals surface area contributed by atoms with E-state index in [0.717, 1.165) is 17.0 Å². The summed E-state index contributed by atoms with van der Waals surface area (Å²) in [6, 6.07) is 2.96. The molecule has 4 rings (SSSR count). The second-order valence-electron chi connectivity index (χ2n) is 9.31. The van der Waals surface area contributed by atoms with Crippen LogP contribution in [-0.2, 0) is 0 Å². The van der Waals surface area contributed by atoms with Crippen LogP contribution in [0.2, 0.25) is 0 Å². The van der Waals surface area contributed by atoms with Crippen molar-refractivity contribution in [1.29, 1.82) is 5.26 Å². The molecule has 0 saturated carbocycles. The Balaban J connectivity index is 1.55. The fourth-order valence-electron chi connectivity index (χ4n) is 4.41. The van der Waals surface area contributed by atoms with E-state index in [2.05, 4.69) is 21.0 Å². The van der Waals surface area contributed by atoms with Crippen LogP contribution < -0.4 is 16.1 Å². The van der Waals surface area contributed by atoms with E-state index in [1.165, 1.54) is 16.2 Å². The van der Waals surface area contributed by atoms with Gasteiger partial charge in [0.1, 0.15) is 35.2 Å². The molecule has 1 aromatic carbocycles. The van der Waals surface area contributed by atoms with Crippen molar-refractivity contribution >= 4 is 28.2 Å². The molecule has 1 aliphatic heterocycles. The van der Waals surface area contributed by atoms with E-state index < -0.39 is 40.9 Å². The zero-order chi connectivity index (χ0) is 28.5. The number of rotatable bonds is 8. The average Bonchev–Trinajstić information content (AvgIpc) is 3.34. The Bertz CT molecular complexity index is 1450. The number of anilines is 1. The largest absolute Gasteiger partial charge is 0.408 e. The Hall–Kier alpha value is -4.25. The molecule has 9 nitrogen and oxygen atoms in total. The van der Waals surface area contributed by atoms with E-state index in [4.69, 9.17) is 5.84 Å². The first-order valence-corrected chi connectivity index (χ1v) is 11.9. The molecule has 0 aliphatic carbocycles. The summed E-state index contributed by atoms with van der Waals surface area (Å²) in [6.45, 7) is 2.69. The summed E-state index contributed by atoms with van der Waals surface area (Å²) in [6.07, 6.45) is 0.587. The van der Waals surface area contributed by atoms with Crippen LogP contribution in [0.5, 0.6) is 0 Å². The minimum absolute atomic E-state index is 0.0310. The molecule has 0 radical (unpaired) electrons. The number of hydrogen-bond donors (Lipinski definition) is 3. The SMILES string of the molecule is CC/C(=C\N(N)C1(CC#N)CN(c2cc(F)c(C(=O)N[C@@H](C)C(F)(F)F)cc2F)C1)c1ncnc2[nH]ccc12. The van der Waals surface area contributed by atoms with Crippen molar-refractivity contribution in [3.05, 3.63) is 59.8 Å². The minimum Gasteiger partial charge on any atom is -0.364 e. The lowest BCUT2D eigenvalue weighted by Gasteiger charge is -2.54. The summed E-state index contributed by atoms with van der Waals surface area (Å²) in [4.78, 5) is 25.1.